The van der Waals surface area contributed by atoms with Gasteiger partial charge in [0.05, 0.1) is 26.9 Å². The Morgan fingerprint density at radius 2 is 1.78 bits per heavy atom. The molecule has 2 aromatic carbocycles. The van der Waals surface area contributed by atoms with Crippen molar-refractivity contribution in [3.8, 4) is 17.2 Å². The van der Waals surface area contributed by atoms with Crippen LogP contribution in [0, 0.1) is 5.92 Å². The van der Waals surface area contributed by atoms with Gasteiger partial charge in [0.15, 0.2) is 0 Å². The molecule has 2 aromatic rings. The van der Waals surface area contributed by atoms with Crippen LogP contribution in [0.3, 0.4) is 0 Å². The Morgan fingerprint density at radius 1 is 1.02 bits per heavy atom. The Balaban J connectivity index is 1.29. The lowest BCUT2D eigenvalue weighted by Crippen LogP contribution is -2.40. The zero-order chi connectivity index (χ0) is 29.0. The van der Waals surface area contributed by atoms with Crippen LogP contribution in [0.2, 0.25) is 0 Å². The fraction of sp³-hybridized carbons (Fsp3) is 0.576. The highest BCUT2D eigenvalue weighted by atomic mass is 16.5. The largest absolute Gasteiger partial charge is 0.497 e. The van der Waals surface area contributed by atoms with Crippen LogP contribution >= 0.6 is 0 Å². The number of ether oxygens (including phenoxy) is 3. The molecule has 1 N–H and O–H groups in total. The molecule has 0 atom stereocenters. The van der Waals surface area contributed by atoms with Gasteiger partial charge in [0, 0.05) is 44.2 Å². The molecule has 0 saturated carbocycles. The lowest BCUT2D eigenvalue weighted by atomic mass is 9.97. The molecule has 2 aliphatic rings. The molecule has 2 amide bonds. The van der Waals surface area contributed by atoms with Crippen LogP contribution in [0.25, 0.3) is 0 Å². The van der Waals surface area contributed by atoms with Crippen LogP contribution in [-0.2, 0) is 22.6 Å². The highest BCUT2D eigenvalue weighted by molar-refractivity contribution is 5.78. The highest BCUT2D eigenvalue weighted by Gasteiger charge is 2.23. The molecule has 8 nitrogen and oxygen atoms in total. The van der Waals surface area contributed by atoms with Crippen molar-refractivity contribution in [3.63, 3.8) is 0 Å². The second-order valence-electron chi connectivity index (χ2n) is 11.5. The number of likely N-dealkylation sites (tertiary alicyclic amines) is 1. The van der Waals surface area contributed by atoms with Crippen LogP contribution in [0.1, 0.15) is 63.5 Å². The normalized spacial score (nSPS) is 17.9. The van der Waals surface area contributed by atoms with Gasteiger partial charge in [-0.3, -0.25) is 14.5 Å². The van der Waals surface area contributed by atoms with Gasteiger partial charge >= 0.3 is 0 Å². The van der Waals surface area contributed by atoms with E-state index in [1.54, 1.807) is 7.11 Å². The van der Waals surface area contributed by atoms with Gasteiger partial charge in [-0.05, 0) is 94.2 Å². The van der Waals surface area contributed by atoms with E-state index < -0.39 is 0 Å². The molecule has 41 heavy (non-hydrogen) atoms. The van der Waals surface area contributed by atoms with E-state index in [-0.39, 0.29) is 17.9 Å². The maximum atomic E-state index is 13.1. The number of piperidine rings is 1. The number of amides is 2. The quantitative estimate of drug-likeness (QED) is 0.494. The van der Waals surface area contributed by atoms with Crippen molar-refractivity contribution in [1.29, 1.82) is 0 Å². The maximum Gasteiger partial charge on any atom is 0.234 e. The van der Waals surface area contributed by atoms with Crippen LogP contribution in [0.15, 0.2) is 42.5 Å². The molecule has 8 heteroatoms. The zero-order valence-corrected chi connectivity index (χ0v) is 25.0. The van der Waals surface area contributed by atoms with Crippen molar-refractivity contribution >= 4 is 11.8 Å². The summed E-state index contributed by atoms with van der Waals surface area (Å²) in [7, 11) is 1.65. The number of nitrogens with one attached hydrogen (secondary N) is 1. The molecule has 1 saturated heterocycles. The molecule has 0 aromatic heterocycles. The molecular weight excluding hydrogens is 518 g/mol. The number of rotatable bonds is 8. The minimum atomic E-state index is 0.0678. The number of carbonyl (C=O) groups is 2. The Bertz CT molecular complexity index is 1110. The molecular formula is C33H47N3O5. The predicted molar refractivity (Wildman–Crippen MR) is 160 cm³/mol. The third kappa shape index (κ3) is 9.66. The molecule has 0 aliphatic carbocycles. The smallest absolute Gasteiger partial charge is 0.234 e. The molecule has 0 radical (unpaired) electrons. The predicted octanol–water partition coefficient (Wildman–Crippen LogP) is 4.83. The van der Waals surface area contributed by atoms with Gasteiger partial charge in [0.2, 0.25) is 11.8 Å². The summed E-state index contributed by atoms with van der Waals surface area (Å²) >= 11 is 0. The summed E-state index contributed by atoms with van der Waals surface area (Å²) in [6.07, 6.45) is 6.04. The third-order valence-corrected chi connectivity index (χ3v) is 8.12. The van der Waals surface area contributed by atoms with Crippen molar-refractivity contribution in [2.45, 2.75) is 71.4 Å². The van der Waals surface area contributed by atoms with Gasteiger partial charge in [-0.1, -0.05) is 12.1 Å². The lowest BCUT2D eigenvalue weighted by molar-refractivity contribution is -0.132. The maximum absolute atomic E-state index is 13.1. The number of aryl methyl sites for hydroxylation is 1. The van der Waals surface area contributed by atoms with Crippen molar-refractivity contribution in [1.82, 2.24) is 15.1 Å². The SMILES string of the molecule is COc1ccc(OCC2CCN(C(=O)CCc3ccc4c(c3)CN(C(C)C)CC(=O)NCCCCCO4)CC2)cc1. The summed E-state index contributed by atoms with van der Waals surface area (Å²) in [6.45, 7) is 8.83. The number of methoxy groups -OCH3 is 1. The first kappa shape index (κ1) is 30.7. The molecule has 2 heterocycles. The molecule has 2 aliphatic heterocycles. The summed E-state index contributed by atoms with van der Waals surface area (Å²) < 4.78 is 17.4. The second-order valence-corrected chi connectivity index (χ2v) is 11.5. The van der Waals surface area contributed by atoms with Gasteiger partial charge < -0.3 is 24.4 Å². The van der Waals surface area contributed by atoms with Gasteiger partial charge in [0.1, 0.15) is 17.2 Å². The average molecular weight is 566 g/mol. The first-order valence-electron chi connectivity index (χ1n) is 15.2. The van der Waals surface area contributed by atoms with E-state index >= 15 is 0 Å². The fourth-order valence-corrected chi connectivity index (χ4v) is 5.39. The van der Waals surface area contributed by atoms with Gasteiger partial charge in [-0.15, -0.1) is 0 Å². The van der Waals surface area contributed by atoms with Crippen LogP contribution < -0.4 is 19.5 Å². The number of hydrogen-bond donors (Lipinski definition) is 1. The fourth-order valence-electron chi connectivity index (χ4n) is 5.39. The number of benzene rings is 2. The topological polar surface area (TPSA) is 80.3 Å². The number of hydrogen-bond acceptors (Lipinski definition) is 6. The summed E-state index contributed by atoms with van der Waals surface area (Å²) in [5.41, 5.74) is 2.20. The molecule has 1 fully saturated rings. The van der Waals surface area contributed by atoms with Crippen molar-refractivity contribution in [2.24, 2.45) is 5.92 Å². The third-order valence-electron chi connectivity index (χ3n) is 8.12. The molecule has 224 valence electrons. The highest BCUT2D eigenvalue weighted by Crippen LogP contribution is 2.26. The minimum absolute atomic E-state index is 0.0678. The van der Waals surface area contributed by atoms with E-state index in [4.69, 9.17) is 14.2 Å². The van der Waals surface area contributed by atoms with E-state index in [0.29, 0.717) is 51.6 Å². The van der Waals surface area contributed by atoms with Gasteiger partial charge in [-0.2, -0.15) is 0 Å². The molecule has 0 spiro atoms. The average Bonchev–Trinajstić information content (AvgIpc) is 3.00. The van der Waals surface area contributed by atoms with E-state index in [9.17, 15) is 9.59 Å². The van der Waals surface area contributed by atoms with E-state index in [1.165, 1.54) is 0 Å². The zero-order valence-electron chi connectivity index (χ0n) is 25.0. The second kappa shape index (κ2) is 15.7. The van der Waals surface area contributed by atoms with Crippen molar-refractivity contribution in [2.75, 3.05) is 46.5 Å². The summed E-state index contributed by atoms with van der Waals surface area (Å²) in [6, 6.07) is 14.2. The van der Waals surface area contributed by atoms with E-state index in [1.807, 2.05) is 35.2 Å². The molecule has 4 rings (SSSR count). The van der Waals surface area contributed by atoms with Crippen molar-refractivity contribution in [3.05, 3.63) is 53.6 Å². The van der Waals surface area contributed by atoms with Crippen LogP contribution in [0.4, 0.5) is 0 Å². The Kier molecular flexibility index (Phi) is 11.7. The first-order valence-corrected chi connectivity index (χ1v) is 15.2. The summed E-state index contributed by atoms with van der Waals surface area (Å²) in [4.78, 5) is 29.8. The minimum Gasteiger partial charge on any atom is -0.497 e. The van der Waals surface area contributed by atoms with Crippen LogP contribution in [-0.4, -0.2) is 74.2 Å². The summed E-state index contributed by atoms with van der Waals surface area (Å²) in [5, 5.41) is 3.05. The Morgan fingerprint density at radius 3 is 2.51 bits per heavy atom. The van der Waals surface area contributed by atoms with E-state index in [0.717, 1.165) is 73.6 Å². The number of carbonyl (C=O) groups excluding carboxylic acids is 2. The Hall–Kier alpha value is -3.26. The first-order chi connectivity index (χ1) is 19.9. The van der Waals surface area contributed by atoms with Crippen molar-refractivity contribution < 1.29 is 23.8 Å². The van der Waals surface area contributed by atoms with Gasteiger partial charge in [0.25, 0.3) is 0 Å². The summed E-state index contributed by atoms with van der Waals surface area (Å²) in [5.74, 6) is 3.27. The lowest BCUT2D eigenvalue weighted by Gasteiger charge is -2.32. The number of fused-ring (bicyclic) bond motifs is 1. The van der Waals surface area contributed by atoms with Gasteiger partial charge in [-0.25, -0.2) is 0 Å². The van der Waals surface area contributed by atoms with Crippen LogP contribution in [0.5, 0.6) is 17.2 Å². The molecule has 0 bridgehead atoms. The molecule has 0 unspecified atom stereocenters. The standard InChI is InChI=1S/C33H47N3O5/c1-25(2)36-22-28-21-26(7-13-31(28)40-20-6-4-5-17-34-32(37)23-36)8-14-33(38)35-18-15-27(16-19-35)24-41-30-11-9-29(39-3)10-12-30/h7,9-13,21,25,27H,4-6,8,14-20,22-24H2,1-3H3,(H,34,37). The Labute approximate surface area is 245 Å². The van der Waals surface area contributed by atoms with E-state index in [2.05, 4.69) is 36.2 Å². The number of nitrogens with zero attached hydrogens (tertiary/aromatic N) is 2. The monoisotopic (exact) mass is 565 g/mol.